The molecular formula is C18H23ClN4O2. The van der Waals surface area contributed by atoms with Crippen molar-refractivity contribution >= 4 is 23.9 Å². The minimum Gasteiger partial charge on any atom is -0.443 e. The number of aryl methyl sites for hydroxylation is 1. The highest BCUT2D eigenvalue weighted by Gasteiger charge is 2.16. The van der Waals surface area contributed by atoms with Crippen molar-refractivity contribution in [3.63, 3.8) is 0 Å². The summed E-state index contributed by atoms with van der Waals surface area (Å²) in [5.74, 6) is 0. The Balaban J connectivity index is 2.10. The van der Waals surface area contributed by atoms with Crippen LogP contribution in [0.25, 0.3) is 0 Å². The van der Waals surface area contributed by atoms with Crippen LogP contribution in [0.5, 0.6) is 0 Å². The van der Waals surface area contributed by atoms with E-state index in [1.807, 2.05) is 42.8 Å². The third-order valence-electron chi connectivity index (χ3n) is 3.46. The molecular weight excluding hydrogens is 340 g/mol. The van der Waals surface area contributed by atoms with E-state index in [1.165, 1.54) is 0 Å². The Morgan fingerprint density at radius 2 is 2.04 bits per heavy atom. The number of amides is 1. The number of halogens is 1. The highest BCUT2D eigenvalue weighted by molar-refractivity contribution is 6.31. The summed E-state index contributed by atoms with van der Waals surface area (Å²) in [6.07, 6.45) is 0.979. The first-order chi connectivity index (χ1) is 11.7. The van der Waals surface area contributed by atoms with E-state index in [0.29, 0.717) is 11.6 Å². The van der Waals surface area contributed by atoms with Crippen LogP contribution in [-0.2, 0) is 11.3 Å². The average molecular weight is 363 g/mol. The fourth-order valence-electron chi connectivity index (χ4n) is 2.29. The van der Waals surface area contributed by atoms with Gasteiger partial charge in [-0.05, 0) is 46.2 Å². The molecule has 0 aliphatic carbocycles. The van der Waals surface area contributed by atoms with E-state index in [4.69, 9.17) is 16.3 Å². The van der Waals surface area contributed by atoms with Crippen LogP contribution in [0.15, 0.2) is 29.4 Å². The van der Waals surface area contributed by atoms with Crippen LogP contribution in [0, 0.1) is 13.8 Å². The molecule has 0 aliphatic heterocycles. The maximum absolute atomic E-state index is 11.6. The zero-order chi connectivity index (χ0) is 18.6. The summed E-state index contributed by atoms with van der Waals surface area (Å²) in [4.78, 5) is 11.6. The Bertz CT molecular complexity index is 791. The van der Waals surface area contributed by atoms with Crippen molar-refractivity contribution in [3.8, 4) is 0 Å². The van der Waals surface area contributed by atoms with E-state index in [-0.39, 0.29) is 0 Å². The minimum atomic E-state index is -0.595. The Kier molecular flexibility index (Phi) is 5.85. The molecule has 6 nitrogen and oxygen atoms in total. The third-order valence-corrected chi connectivity index (χ3v) is 3.83. The summed E-state index contributed by atoms with van der Waals surface area (Å²) >= 11 is 6.22. The molecule has 0 fully saturated rings. The lowest BCUT2D eigenvalue weighted by molar-refractivity contribution is 0.0529. The number of rotatable bonds is 4. The number of hydrogen-bond donors (Lipinski definition) is 1. The average Bonchev–Trinajstić information content (AvgIpc) is 2.75. The number of benzene rings is 1. The summed E-state index contributed by atoms with van der Waals surface area (Å²) in [6.45, 7) is 9.80. The normalized spacial score (nSPS) is 11.8. The predicted molar refractivity (Wildman–Crippen MR) is 99.2 cm³/mol. The molecule has 25 heavy (non-hydrogen) atoms. The van der Waals surface area contributed by atoms with Gasteiger partial charge in [0.05, 0.1) is 18.5 Å². The number of ether oxygens (including phenoxy) is 1. The van der Waals surface area contributed by atoms with E-state index >= 15 is 0 Å². The fraction of sp³-hybridized carbons (Fsp3) is 0.389. The number of aromatic nitrogens is 2. The molecule has 1 aromatic carbocycles. The molecule has 2 aromatic rings. The number of hydrogen-bond acceptors (Lipinski definition) is 4. The van der Waals surface area contributed by atoms with Gasteiger partial charge in [0, 0.05) is 16.3 Å². The number of carbonyl (C=O) groups is 1. The van der Waals surface area contributed by atoms with E-state index < -0.39 is 11.7 Å². The Hall–Kier alpha value is -2.34. The number of nitrogens with zero attached hydrogens (tertiary/aromatic N) is 3. The zero-order valence-electron chi connectivity index (χ0n) is 15.1. The molecule has 0 atom stereocenters. The molecule has 1 heterocycles. The van der Waals surface area contributed by atoms with Crippen LogP contribution < -0.4 is 5.43 Å². The molecule has 2 rings (SSSR count). The maximum Gasteiger partial charge on any atom is 0.428 e. The first-order valence-corrected chi connectivity index (χ1v) is 8.34. The summed E-state index contributed by atoms with van der Waals surface area (Å²) in [5, 5.41) is 9.19. The van der Waals surface area contributed by atoms with Gasteiger partial charge in [0.2, 0.25) is 0 Å². The van der Waals surface area contributed by atoms with Crippen LogP contribution in [0.1, 0.15) is 43.3 Å². The smallest absolute Gasteiger partial charge is 0.428 e. The molecule has 0 spiro atoms. The molecule has 134 valence electrons. The van der Waals surface area contributed by atoms with Gasteiger partial charge < -0.3 is 4.74 Å². The van der Waals surface area contributed by atoms with Gasteiger partial charge >= 0.3 is 6.09 Å². The van der Waals surface area contributed by atoms with Gasteiger partial charge in [0.1, 0.15) is 5.60 Å². The van der Waals surface area contributed by atoms with Gasteiger partial charge in [-0.3, -0.25) is 4.68 Å². The molecule has 0 aliphatic rings. The van der Waals surface area contributed by atoms with Crippen LogP contribution in [0.4, 0.5) is 4.79 Å². The first kappa shape index (κ1) is 19.0. The predicted octanol–water partition coefficient (Wildman–Crippen LogP) is 4.06. The Morgan fingerprint density at radius 1 is 1.36 bits per heavy atom. The molecule has 0 unspecified atom stereocenters. The van der Waals surface area contributed by atoms with Crippen molar-refractivity contribution in [2.45, 2.75) is 46.8 Å². The number of carbonyl (C=O) groups excluding carboxylic acids is 1. The van der Waals surface area contributed by atoms with Gasteiger partial charge in [-0.25, -0.2) is 10.2 Å². The van der Waals surface area contributed by atoms with Crippen LogP contribution in [-0.4, -0.2) is 27.7 Å². The number of hydrazone groups is 1. The number of nitrogens with one attached hydrogen (secondary N) is 1. The molecule has 0 bridgehead atoms. The lowest BCUT2D eigenvalue weighted by atomic mass is 10.2. The topological polar surface area (TPSA) is 68.5 Å². The van der Waals surface area contributed by atoms with Crippen LogP contribution >= 0.6 is 11.6 Å². The van der Waals surface area contributed by atoms with E-state index in [2.05, 4.69) is 15.6 Å². The van der Waals surface area contributed by atoms with Crippen LogP contribution in [0.3, 0.4) is 0 Å². The highest BCUT2D eigenvalue weighted by Crippen LogP contribution is 2.18. The molecule has 1 aromatic heterocycles. The van der Waals surface area contributed by atoms with E-state index in [0.717, 1.165) is 22.5 Å². The standard InChI is InChI=1S/C18H23ClN4O2/c1-12-15(10-20-21-17(24)25-18(3,4)5)13(2)23(22-12)11-14-8-6-7-9-16(14)19/h6-10H,11H2,1-5H3,(H,21,24)/b20-10-. The summed E-state index contributed by atoms with van der Waals surface area (Å²) in [6, 6.07) is 7.67. The van der Waals surface area contributed by atoms with Crippen molar-refractivity contribution in [2.24, 2.45) is 5.10 Å². The monoisotopic (exact) mass is 362 g/mol. The van der Waals surface area contributed by atoms with Gasteiger partial charge in [-0.1, -0.05) is 29.8 Å². The van der Waals surface area contributed by atoms with Gasteiger partial charge in [0.25, 0.3) is 0 Å². The molecule has 0 saturated heterocycles. The molecule has 7 heteroatoms. The lowest BCUT2D eigenvalue weighted by Crippen LogP contribution is -2.29. The second kappa shape index (κ2) is 7.70. The summed E-state index contributed by atoms with van der Waals surface area (Å²) in [7, 11) is 0. The molecule has 1 N–H and O–H groups in total. The van der Waals surface area contributed by atoms with Crippen molar-refractivity contribution < 1.29 is 9.53 Å². The largest absolute Gasteiger partial charge is 0.443 e. The van der Waals surface area contributed by atoms with E-state index in [9.17, 15) is 4.79 Å². The maximum atomic E-state index is 11.6. The van der Waals surface area contributed by atoms with Crippen LogP contribution in [0.2, 0.25) is 5.02 Å². The van der Waals surface area contributed by atoms with E-state index in [1.54, 1.807) is 27.0 Å². The second-order valence-electron chi connectivity index (χ2n) is 6.71. The van der Waals surface area contributed by atoms with Gasteiger partial charge in [0.15, 0.2) is 0 Å². The Morgan fingerprint density at radius 3 is 2.68 bits per heavy atom. The fourth-order valence-corrected chi connectivity index (χ4v) is 2.49. The van der Waals surface area contributed by atoms with Crippen molar-refractivity contribution in [2.75, 3.05) is 0 Å². The van der Waals surface area contributed by atoms with Gasteiger partial charge in [-0.15, -0.1) is 0 Å². The molecule has 0 saturated carbocycles. The highest BCUT2D eigenvalue weighted by atomic mass is 35.5. The zero-order valence-corrected chi connectivity index (χ0v) is 15.9. The summed E-state index contributed by atoms with van der Waals surface area (Å²) < 4.78 is 7.00. The molecule has 0 radical (unpaired) electrons. The Labute approximate surface area is 152 Å². The lowest BCUT2D eigenvalue weighted by Gasteiger charge is -2.18. The van der Waals surface area contributed by atoms with Crippen molar-refractivity contribution in [3.05, 3.63) is 51.8 Å². The third kappa shape index (κ3) is 5.32. The quantitative estimate of drug-likeness (QED) is 0.658. The molecule has 1 amide bonds. The first-order valence-electron chi connectivity index (χ1n) is 7.97. The van der Waals surface area contributed by atoms with Crippen molar-refractivity contribution in [1.82, 2.24) is 15.2 Å². The second-order valence-corrected chi connectivity index (χ2v) is 7.11. The summed E-state index contributed by atoms with van der Waals surface area (Å²) in [5.41, 5.74) is 5.39. The minimum absolute atomic E-state index is 0.564. The van der Waals surface area contributed by atoms with Gasteiger partial charge in [-0.2, -0.15) is 10.2 Å². The SMILES string of the molecule is Cc1nn(Cc2ccccc2Cl)c(C)c1/C=N\NC(=O)OC(C)(C)C. The van der Waals surface area contributed by atoms with Crippen molar-refractivity contribution in [1.29, 1.82) is 0 Å².